The highest BCUT2D eigenvalue weighted by atomic mass is 16.5. The van der Waals surface area contributed by atoms with E-state index >= 15 is 0 Å². The molecule has 3 aromatic rings. The monoisotopic (exact) mass is 348 g/mol. The van der Waals surface area contributed by atoms with Crippen LogP contribution in [-0.2, 0) is 6.61 Å². The van der Waals surface area contributed by atoms with Crippen molar-refractivity contribution in [2.24, 2.45) is 0 Å². The van der Waals surface area contributed by atoms with Crippen LogP contribution < -0.4 is 10.1 Å². The summed E-state index contributed by atoms with van der Waals surface area (Å²) in [6.07, 6.45) is 3.61. The van der Waals surface area contributed by atoms with Crippen molar-refractivity contribution in [1.82, 2.24) is 4.98 Å². The van der Waals surface area contributed by atoms with Crippen molar-refractivity contribution >= 4 is 5.69 Å². The third-order valence-corrected chi connectivity index (χ3v) is 4.31. The summed E-state index contributed by atoms with van der Waals surface area (Å²) in [5.74, 6) is 0.730. The molecule has 2 N–H and O–H groups in total. The Balaban J connectivity index is 1.79. The zero-order valence-electron chi connectivity index (χ0n) is 15.1. The number of rotatable bonds is 7. The van der Waals surface area contributed by atoms with E-state index in [2.05, 4.69) is 41.5 Å². The largest absolute Gasteiger partial charge is 0.494 e. The van der Waals surface area contributed by atoms with Crippen molar-refractivity contribution in [3.8, 4) is 16.9 Å². The molecule has 0 aliphatic carbocycles. The van der Waals surface area contributed by atoms with Gasteiger partial charge in [0.2, 0.25) is 0 Å². The lowest BCUT2D eigenvalue weighted by Crippen LogP contribution is -2.07. The average Bonchev–Trinajstić information content (AvgIpc) is 2.70. The van der Waals surface area contributed by atoms with Gasteiger partial charge >= 0.3 is 0 Å². The minimum Gasteiger partial charge on any atom is -0.494 e. The number of aliphatic hydroxyl groups excluding tert-OH is 1. The van der Waals surface area contributed by atoms with E-state index in [0.717, 1.165) is 22.6 Å². The maximum Gasteiger partial charge on any atom is 0.124 e. The standard InChI is InChI=1S/C22H24N2O2/c1-3-26-22-8-7-21(14-20(22)15-25)24-16(2)18-5-4-6-19(13-18)17-9-11-23-12-10-17/h4-14,16,24-25H,3,15H2,1-2H3. The first-order chi connectivity index (χ1) is 12.7. The summed E-state index contributed by atoms with van der Waals surface area (Å²) in [4.78, 5) is 4.08. The van der Waals surface area contributed by atoms with Crippen LogP contribution in [0.25, 0.3) is 11.1 Å². The molecule has 2 aromatic carbocycles. The molecule has 4 heteroatoms. The van der Waals surface area contributed by atoms with E-state index in [-0.39, 0.29) is 12.6 Å². The number of aliphatic hydroxyl groups is 1. The Bertz CT molecular complexity index is 850. The van der Waals surface area contributed by atoms with Gasteiger partial charge in [0.25, 0.3) is 0 Å². The second kappa shape index (κ2) is 8.50. The van der Waals surface area contributed by atoms with Crippen molar-refractivity contribution < 1.29 is 9.84 Å². The Hall–Kier alpha value is -2.85. The lowest BCUT2D eigenvalue weighted by molar-refractivity contribution is 0.267. The molecule has 0 saturated carbocycles. The fourth-order valence-corrected chi connectivity index (χ4v) is 2.95. The van der Waals surface area contributed by atoms with Gasteiger partial charge in [-0.05, 0) is 66.9 Å². The molecule has 0 spiro atoms. The van der Waals surface area contributed by atoms with Crippen LogP contribution in [0.15, 0.2) is 67.0 Å². The van der Waals surface area contributed by atoms with E-state index in [1.54, 1.807) is 12.4 Å². The highest BCUT2D eigenvalue weighted by Gasteiger charge is 2.09. The number of benzene rings is 2. The van der Waals surface area contributed by atoms with Gasteiger partial charge in [-0.1, -0.05) is 18.2 Å². The van der Waals surface area contributed by atoms with Gasteiger partial charge in [0.05, 0.1) is 13.2 Å². The third kappa shape index (κ3) is 4.21. The molecule has 0 aliphatic rings. The summed E-state index contributed by atoms with van der Waals surface area (Å²) < 4.78 is 5.54. The van der Waals surface area contributed by atoms with Gasteiger partial charge in [0.1, 0.15) is 5.75 Å². The van der Waals surface area contributed by atoms with E-state index in [9.17, 15) is 5.11 Å². The Kier molecular flexibility index (Phi) is 5.87. The van der Waals surface area contributed by atoms with Gasteiger partial charge in [0, 0.05) is 29.7 Å². The first-order valence-corrected chi connectivity index (χ1v) is 8.84. The Morgan fingerprint density at radius 1 is 1.04 bits per heavy atom. The SMILES string of the molecule is CCOc1ccc(NC(C)c2cccc(-c3ccncc3)c2)cc1CO. The third-order valence-electron chi connectivity index (χ3n) is 4.31. The maximum absolute atomic E-state index is 9.57. The number of hydrogen-bond donors (Lipinski definition) is 2. The minimum atomic E-state index is -0.0449. The molecule has 26 heavy (non-hydrogen) atoms. The van der Waals surface area contributed by atoms with Crippen molar-refractivity contribution in [1.29, 1.82) is 0 Å². The normalized spacial score (nSPS) is 11.8. The van der Waals surface area contributed by atoms with Crippen molar-refractivity contribution in [2.45, 2.75) is 26.5 Å². The van der Waals surface area contributed by atoms with Gasteiger partial charge in [-0.2, -0.15) is 0 Å². The Morgan fingerprint density at radius 3 is 2.58 bits per heavy atom. The molecule has 4 nitrogen and oxygen atoms in total. The summed E-state index contributed by atoms with van der Waals surface area (Å²) in [6, 6.07) is 18.4. The van der Waals surface area contributed by atoms with Crippen LogP contribution in [0.2, 0.25) is 0 Å². The topological polar surface area (TPSA) is 54.4 Å². The molecule has 0 fully saturated rings. The Morgan fingerprint density at radius 2 is 1.85 bits per heavy atom. The molecule has 1 aromatic heterocycles. The number of pyridine rings is 1. The van der Waals surface area contributed by atoms with Crippen LogP contribution in [-0.4, -0.2) is 16.7 Å². The van der Waals surface area contributed by atoms with E-state index in [4.69, 9.17) is 4.74 Å². The number of aromatic nitrogens is 1. The van der Waals surface area contributed by atoms with E-state index in [1.165, 1.54) is 11.1 Å². The van der Waals surface area contributed by atoms with Crippen LogP contribution >= 0.6 is 0 Å². The molecule has 0 saturated heterocycles. The second-order valence-electron chi connectivity index (χ2n) is 6.14. The predicted octanol–water partition coefficient (Wildman–Crippen LogP) is 4.81. The fraction of sp³-hybridized carbons (Fsp3) is 0.227. The second-order valence-corrected chi connectivity index (χ2v) is 6.14. The zero-order valence-corrected chi connectivity index (χ0v) is 15.1. The van der Waals surface area contributed by atoms with Gasteiger partial charge in [-0.25, -0.2) is 0 Å². The summed E-state index contributed by atoms with van der Waals surface area (Å²) in [5.41, 5.74) is 5.26. The van der Waals surface area contributed by atoms with Crippen LogP contribution in [0, 0.1) is 0 Å². The fourth-order valence-electron chi connectivity index (χ4n) is 2.95. The molecular formula is C22H24N2O2. The van der Waals surface area contributed by atoms with Crippen molar-refractivity contribution in [3.05, 3.63) is 78.1 Å². The molecule has 1 heterocycles. The van der Waals surface area contributed by atoms with Gasteiger partial charge in [-0.3, -0.25) is 4.98 Å². The van der Waals surface area contributed by atoms with E-state index in [1.807, 2.05) is 37.3 Å². The molecule has 0 aliphatic heterocycles. The number of nitrogens with one attached hydrogen (secondary N) is 1. The first kappa shape index (κ1) is 18.0. The minimum absolute atomic E-state index is 0.0449. The number of anilines is 1. The molecule has 0 amide bonds. The number of hydrogen-bond acceptors (Lipinski definition) is 4. The predicted molar refractivity (Wildman–Crippen MR) is 105 cm³/mol. The van der Waals surface area contributed by atoms with Crippen molar-refractivity contribution in [3.63, 3.8) is 0 Å². The van der Waals surface area contributed by atoms with Gasteiger partial charge < -0.3 is 15.2 Å². The smallest absolute Gasteiger partial charge is 0.124 e. The lowest BCUT2D eigenvalue weighted by Gasteiger charge is -2.18. The molecule has 1 atom stereocenters. The lowest BCUT2D eigenvalue weighted by atomic mass is 10.0. The van der Waals surface area contributed by atoms with Gasteiger partial charge in [-0.15, -0.1) is 0 Å². The average molecular weight is 348 g/mol. The van der Waals surface area contributed by atoms with Gasteiger partial charge in [0.15, 0.2) is 0 Å². The van der Waals surface area contributed by atoms with Crippen molar-refractivity contribution in [2.75, 3.05) is 11.9 Å². The molecule has 1 unspecified atom stereocenters. The highest BCUT2D eigenvalue weighted by molar-refractivity contribution is 5.64. The quantitative estimate of drug-likeness (QED) is 0.643. The maximum atomic E-state index is 9.57. The van der Waals surface area contributed by atoms with E-state index < -0.39 is 0 Å². The summed E-state index contributed by atoms with van der Waals surface area (Å²) >= 11 is 0. The number of ether oxygens (including phenoxy) is 1. The number of nitrogens with zero attached hydrogens (tertiary/aromatic N) is 1. The highest BCUT2D eigenvalue weighted by Crippen LogP contribution is 2.28. The van der Waals surface area contributed by atoms with Crippen LogP contribution in [0.3, 0.4) is 0 Å². The molecule has 0 radical (unpaired) electrons. The summed E-state index contributed by atoms with van der Waals surface area (Å²) in [6.45, 7) is 4.60. The van der Waals surface area contributed by atoms with Crippen LogP contribution in [0.4, 0.5) is 5.69 Å². The summed E-state index contributed by atoms with van der Waals surface area (Å²) in [7, 11) is 0. The molecule has 0 bridgehead atoms. The Labute approximate surface area is 154 Å². The van der Waals surface area contributed by atoms with E-state index in [0.29, 0.717) is 6.61 Å². The molecular weight excluding hydrogens is 324 g/mol. The summed E-state index contributed by atoms with van der Waals surface area (Å²) in [5, 5.41) is 13.1. The molecule has 134 valence electrons. The van der Waals surface area contributed by atoms with Crippen LogP contribution in [0.5, 0.6) is 5.75 Å². The first-order valence-electron chi connectivity index (χ1n) is 8.84. The molecule has 3 rings (SSSR count). The van der Waals surface area contributed by atoms with Crippen LogP contribution in [0.1, 0.15) is 31.0 Å². The zero-order chi connectivity index (χ0) is 18.4.